The molecule has 0 fully saturated rings. The summed E-state index contributed by atoms with van der Waals surface area (Å²) in [5.74, 6) is 5.61. The van der Waals surface area contributed by atoms with Gasteiger partial charge in [0.2, 0.25) is 0 Å². The first-order chi connectivity index (χ1) is 9.28. The van der Waals surface area contributed by atoms with Crippen LogP contribution in [0.4, 0.5) is 0 Å². The van der Waals surface area contributed by atoms with Crippen molar-refractivity contribution in [3.8, 4) is 0 Å². The first-order valence-corrected chi connectivity index (χ1v) is 7.61. The van der Waals surface area contributed by atoms with Gasteiger partial charge in [0.25, 0.3) is 0 Å². The van der Waals surface area contributed by atoms with E-state index in [1.54, 1.807) is 11.3 Å². The zero-order valence-electron chi connectivity index (χ0n) is 11.4. The van der Waals surface area contributed by atoms with Gasteiger partial charge in [0.1, 0.15) is 0 Å². The number of nitrogens with zero attached hydrogens (tertiary/aromatic N) is 3. The van der Waals surface area contributed by atoms with Crippen LogP contribution in [-0.4, -0.2) is 14.8 Å². The average Bonchev–Trinajstić information content (AvgIpc) is 3.09. The Balaban J connectivity index is 2.06. The molecule has 1 unspecified atom stereocenters. The molecule has 2 aromatic rings. The predicted octanol–water partition coefficient (Wildman–Crippen LogP) is 2.45. The van der Waals surface area contributed by atoms with E-state index in [9.17, 15) is 0 Å². The van der Waals surface area contributed by atoms with Gasteiger partial charge in [-0.25, -0.2) is 4.98 Å². The normalized spacial score (nSPS) is 13.1. The second kappa shape index (κ2) is 6.79. The maximum Gasteiger partial charge on any atom is 0.0795 e. The van der Waals surface area contributed by atoms with Crippen LogP contribution in [0.25, 0.3) is 0 Å². The van der Waals surface area contributed by atoms with Crippen molar-refractivity contribution in [2.24, 2.45) is 5.84 Å². The van der Waals surface area contributed by atoms with Crippen molar-refractivity contribution in [1.29, 1.82) is 0 Å². The zero-order chi connectivity index (χ0) is 13.7. The van der Waals surface area contributed by atoms with Crippen molar-refractivity contribution in [2.45, 2.75) is 45.2 Å². The van der Waals surface area contributed by atoms with Gasteiger partial charge in [0.05, 0.1) is 29.0 Å². The Morgan fingerprint density at radius 1 is 1.42 bits per heavy atom. The third-order valence-electron chi connectivity index (χ3n) is 3.40. The van der Waals surface area contributed by atoms with E-state index in [4.69, 9.17) is 5.84 Å². The number of thiazole rings is 1. The SMILES string of the molecule is CCC(CC)n1ccc(CC(NN)c2cscn2)n1. The van der Waals surface area contributed by atoms with Crippen LogP contribution < -0.4 is 11.3 Å². The Morgan fingerprint density at radius 2 is 2.21 bits per heavy atom. The molecule has 0 saturated carbocycles. The van der Waals surface area contributed by atoms with Crippen LogP contribution in [0.3, 0.4) is 0 Å². The molecule has 0 spiro atoms. The first-order valence-electron chi connectivity index (χ1n) is 6.66. The molecule has 6 heteroatoms. The number of aromatic nitrogens is 3. The molecule has 0 aromatic carbocycles. The van der Waals surface area contributed by atoms with Crippen LogP contribution in [0.2, 0.25) is 0 Å². The fourth-order valence-corrected chi connectivity index (χ4v) is 2.81. The largest absolute Gasteiger partial charge is 0.271 e. The molecule has 2 heterocycles. The number of hydrogen-bond acceptors (Lipinski definition) is 5. The van der Waals surface area contributed by atoms with E-state index >= 15 is 0 Å². The highest BCUT2D eigenvalue weighted by atomic mass is 32.1. The Hall–Kier alpha value is -1.24. The monoisotopic (exact) mass is 279 g/mol. The Morgan fingerprint density at radius 3 is 2.79 bits per heavy atom. The van der Waals surface area contributed by atoms with Gasteiger partial charge in [-0.3, -0.25) is 16.0 Å². The number of nitrogens with one attached hydrogen (secondary N) is 1. The molecule has 1 atom stereocenters. The van der Waals surface area contributed by atoms with Crippen LogP contribution in [0.15, 0.2) is 23.2 Å². The van der Waals surface area contributed by atoms with E-state index in [0.29, 0.717) is 6.04 Å². The molecule has 19 heavy (non-hydrogen) atoms. The summed E-state index contributed by atoms with van der Waals surface area (Å²) in [7, 11) is 0. The summed E-state index contributed by atoms with van der Waals surface area (Å²) < 4.78 is 2.06. The van der Waals surface area contributed by atoms with Gasteiger partial charge in [0.15, 0.2) is 0 Å². The molecule has 0 aliphatic carbocycles. The summed E-state index contributed by atoms with van der Waals surface area (Å²) in [6.45, 7) is 4.38. The molecule has 5 nitrogen and oxygen atoms in total. The van der Waals surface area contributed by atoms with Crippen LogP contribution in [0.1, 0.15) is 50.2 Å². The second-order valence-electron chi connectivity index (χ2n) is 4.59. The molecule has 0 aliphatic heterocycles. The Kier molecular flexibility index (Phi) is 5.07. The molecule has 2 rings (SSSR count). The van der Waals surface area contributed by atoms with E-state index in [-0.39, 0.29) is 6.04 Å². The molecular formula is C13H21N5S. The lowest BCUT2D eigenvalue weighted by Gasteiger charge is -2.14. The quantitative estimate of drug-likeness (QED) is 0.603. The highest BCUT2D eigenvalue weighted by Gasteiger charge is 2.15. The van der Waals surface area contributed by atoms with Gasteiger partial charge >= 0.3 is 0 Å². The van der Waals surface area contributed by atoms with Crippen molar-refractivity contribution in [3.05, 3.63) is 34.5 Å². The van der Waals surface area contributed by atoms with Gasteiger partial charge in [0, 0.05) is 18.0 Å². The molecule has 0 saturated heterocycles. The van der Waals surface area contributed by atoms with Crippen LogP contribution >= 0.6 is 11.3 Å². The zero-order valence-corrected chi connectivity index (χ0v) is 12.2. The molecular weight excluding hydrogens is 258 g/mol. The lowest BCUT2D eigenvalue weighted by Crippen LogP contribution is -2.30. The minimum atomic E-state index is 0.0244. The van der Waals surface area contributed by atoms with E-state index < -0.39 is 0 Å². The third-order valence-corrected chi connectivity index (χ3v) is 4.01. The van der Waals surface area contributed by atoms with Gasteiger partial charge < -0.3 is 0 Å². The topological polar surface area (TPSA) is 68.8 Å². The van der Waals surface area contributed by atoms with Crippen LogP contribution in [-0.2, 0) is 6.42 Å². The molecule has 3 N–H and O–H groups in total. The van der Waals surface area contributed by atoms with Crippen molar-refractivity contribution >= 4 is 11.3 Å². The lowest BCUT2D eigenvalue weighted by atomic mass is 10.1. The first kappa shape index (κ1) is 14.2. The highest BCUT2D eigenvalue weighted by molar-refractivity contribution is 7.07. The van der Waals surface area contributed by atoms with Gasteiger partial charge in [-0.1, -0.05) is 13.8 Å². The van der Waals surface area contributed by atoms with Gasteiger partial charge in [-0.05, 0) is 18.9 Å². The van der Waals surface area contributed by atoms with E-state index in [2.05, 4.69) is 46.3 Å². The predicted molar refractivity (Wildman–Crippen MR) is 77.7 cm³/mol. The number of rotatable bonds is 7. The Labute approximate surface area is 117 Å². The molecule has 0 radical (unpaired) electrons. The minimum Gasteiger partial charge on any atom is -0.271 e. The summed E-state index contributed by atoms with van der Waals surface area (Å²) >= 11 is 1.58. The lowest BCUT2D eigenvalue weighted by molar-refractivity contribution is 0.422. The minimum absolute atomic E-state index is 0.0244. The van der Waals surface area contributed by atoms with E-state index in [1.165, 1.54) is 0 Å². The maximum atomic E-state index is 5.61. The summed E-state index contributed by atoms with van der Waals surface area (Å²) in [5, 5.41) is 6.66. The summed E-state index contributed by atoms with van der Waals surface area (Å²) in [5.41, 5.74) is 6.66. The Bertz CT molecular complexity index is 475. The van der Waals surface area contributed by atoms with Gasteiger partial charge in [-0.15, -0.1) is 11.3 Å². The van der Waals surface area contributed by atoms with Crippen LogP contribution in [0, 0.1) is 0 Å². The maximum absolute atomic E-state index is 5.61. The number of hydrogen-bond donors (Lipinski definition) is 2. The third kappa shape index (κ3) is 3.40. The standard InChI is InChI=1S/C13H21N5S/c1-3-11(4-2)18-6-5-10(17-18)7-12(16-14)13-8-19-9-15-13/h5-6,8-9,11-12,16H,3-4,7,14H2,1-2H3. The fourth-order valence-electron chi connectivity index (χ4n) is 2.20. The highest BCUT2D eigenvalue weighted by Crippen LogP contribution is 2.19. The summed E-state index contributed by atoms with van der Waals surface area (Å²) in [6.07, 6.45) is 5.01. The smallest absolute Gasteiger partial charge is 0.0795 e. The second-order valence-corrected chi connectivity index (χ2v) is 5.31. The molecule has 104 valence electrons. The van der Waals surface area contributed by atoms with Crippen molar-refractivity contribution in [3.63, 3.8) is 0 Å². The summed E-state index contributed by atoms with van der Waals surface area (Å²) in [4.78, 5) is 4.30. The van der Waals surface area contributed by atoms with E-state index in [1.807, 2.05) is 10.9 Å². The molecule has 0 amide bonds. The molecule has 2 aromatic heterocycles. The fraction of sp³-hybridized carbons (Fsp3) is 0.538. The number of hydrazine groups is 1. The summed E-state index contributed by atoms with van der Waals surface area (Å²) in [6, 6.07) is 2.57. The van der Waals surface area contributed by atoms with Crippen molar-refractivity contribution < 1.29 is 0 Å². The molecule has 0 aliphatic rings. The van der Waals surface area contributed by atoms with Crippen molar-refractivity contribution in [1.82, 2.24) is 20.2 Å². The number of nitrogens with two attached hydrogens (primary N) is 1. The van der Waals surface area contributed by atoms with Crippen molar-refractivity contribution in [2.75, 3.05) is 0 Å². The van der Waals surface area contributed by atoms with Gasteiger partial charge in [-0.2, -0.15) is 5.10 Å². The average molecular weight is 279 g/mol. The van der Waals surface area contributed by atoms with E-state index in [0.717, 1.165) is 30.7 Å². The molecule has 0 bridgehead atoms. The van der Waals surface area contributed by atoms with Crippen LogP contribution in [0.5, 0.6) is 0 Å².